The number of aromatic nitrogens is 1. The van der Waals surface area contributed by atoms with Gasteiger partial charge in [0, 0.05) is 23.5 Å². The highest BCUT2D eigenvalue weighted by Crippen LogP contribution is 2.33. The number of anilines is 1. The molecule has 2 aromatic rings. The van der Waals surface area contributed by atoms with Gasteiger partial charge in [-0.05, 0) is 31.0 Å². The molecule has 7 heteroatoms. The number of thiazole rings is 1. The summed E-state index contributed by atoms with van der Waals surface area (Å²) >= 11 is 1.46. The molecule has 1 aliphatic carbocycles. The third kappa shape index (κ3) is 5.48. The number of carbonyl (C=O) groups excluding carboxylic acids is 1. The first-order valence-corrected chi connectivity index (χ1v) is 10.2. The molecule has 0 N–H and O–H groups in total. The fraction of sp³-hybridized carbons (Fsp3) is 0.500. The molecule has 1 aromatic carbocycles. The molecule has 1 heterocycles. The summed E-state index contributed by atoms with van der Waals surface area (Å²) in [6.07, 6.45) is 4.78. The zero-order valence-electron chi connectivity index (χ0n) is 16.0. The van der Waals surface area contributed by atoms with Crippen molar-refractivity contribution >= 4 is 22.4 Å². The fourth-order valence-corrected chi connectivity index (χ4v) is 4.08. The Bertz CT molecular complexity index is 745. The van der Waals surface area contributed by atoms with Crippen LogP contribution < -0.4 is 4.90 Å². The van der Waals surface area contributed by atoms with Crippen LogP contribution in [0, 0.1) is 11.6 Å². The number of esters is 1. The number of rotatable bonds is 6. The lowest BCUT2D eigenvalue weighted by molar-refractivity contribution is -0.140. The van der Waals surface area contributed by atoms with Crippen LogP contribution in [0.4, 0.5) is 13.9 Å². The van der Waals surface area contributed by atoms with E-state index in [4.69, 9.17) is 4.74 Å². The van der Waals surface area contributed by atoms with Crippen LogP contribution in [0.1, 0.15) is 46.0 Å². The molecule has 0 unspecified atom stereocenters. The Balaban J connectivity index is 0.00000126. The van der Waals surface area contributed by atoms with Gasteiger partial charge in [0.2, 0.25) is 0 Å². The van der Waals surface area contributed by atoms with Crippen LogP contribution in [0.25, 0.3) is 11.3 Å². The Morgan fingerprint density at radius 3 is 2.59 bits per heavy atom. The molecule has 0 spiro atoms. The summed E-state index contributed by atoms with van der Waals surface area (Å²) in [5.41, 5.74) is 1.15. The van der Waals surface area contributed by atoms with E-state index in [0.29, 0.717) is 30.3 Å². The second-order valence-electron chi connectivity index (χ2n) is 6.10. The fourth-order valence-electron chi connectivity index (χ4n) is 3.15. The van der Waals surface area contributed by atoms with Crippen LogP contribution in [-0.4, -0.2) is 30.6 Å². The first-order valence-electron chi connectivity index (χ1n) is 9.33. The van der Waals surface area contributed by atoms with Crippen molar-refractivity contribution < 1.29 is 18.3 Å². The van der Waals surface area contributed by atoms with Crippen LogP contribution in [0.15, 0.2) is 23.6 Å². The predicted molar refractivity (Wildman–Crippen MR) is 105 cm³/mol. The second kappa shape index (κ2) is 10.3. The van der Waals surface area contributed by atoms with Crippen molar-refractivity contribution in [2.75, 3.05) is 18.6 Å². The molecular weight excluding hydrogens is 370 g/mol. The van der Waals surface area contributed by atoms with Gasteiger partial charge in [-0.2, -0.15) is 0 Å². The standard InChI is InChI=1S/C18H20F2N2O2S.C2H6/c1-24-17(23)8-9-22(13-4-2-3-5-13)18-21-16(11-25-18)12-6-7-14(19)15(20)10-12;1-2/h6-7,10-11,13H,2-5,8-9H2,1H3;1-2H3. The second-order valence-corrected chi connectivity index (χ2v) is 6.94. The van der Waals surface area contributed by atoms with Crippen molar-refractivity contribution in [1.82, 2.24) is 4.98 Å². The monoisotopic (exact) mass is 396 g/mol. The number of halogens is 2. The molecule has 27 heavy (non-hydrogen) atoms. The van der Waals surface area contributed by atoms with Gasteiger partial charge in [-0.15, -0.1) is 11.3 Å². The number of hydrogen-bond donors (Lipinski definition) is 0. The van der Waals surface area contributed by atoms with Gasteiger partial charge in [-0.1, -0.05) is 26.7 Å². The number of benzene rings is 1. The minimum absolute atomic E-state index is 0.250. The Labute approximate surface area is 163 Å². The summed E-state index contributed by atoms with van der Waals surface area (Å²) in [6.45, 7) is 4.54. The number of nitrogens with zero attached hydrogens (tertiary/aromatic N) is 2. The van der Waals surface area contributed by atoms with Crippen LogP contribution in [0.3, 0.4) is 0 Å². The highest BCUT2D eigenvalue weighted by molar-refractivity contribution is 7.14. The molecule has 148 valence electrons. The Hall–Kier alpha value is -2.02. The Morgan fingerprint density at radius 1 is 1.26 bits per heavy atom. The van der Waals surface area contributed by atoms with Gasteiger partial charge in [0.05, 0.1) is 19.2 Å². The zero-order valence-corrected chi connectivity index (χ0v) is 16.8. The van der Waals surface area contributed by atoms with Crippen molar-refractivity contribution in [2.45, 2.75) is 52.0 Å². The van der Waals surface area contributed by atoms with E-state index in [-0.39, 0.29) is 5.97 Å². The van der Waals surface area contributed by atoms with Crippen LogP contribution in [0.2, 0.25) is 0 Å². The number of ether oxygens (including phenoxy) is 1. The lowest BCUT2D eigenvalue weighted by Crippen LogP contribution is -2.35. The van der Waals surface area contributed by atoms with E-state index in [9.17, 15) is 13.6 Å². The average molecular weight is 397 g/mol. The summed E-state index contributed by atoms with van der Waals surface area (Å²) in [4.78, 5) is 18.3. The van der Waals surface area contributed by atoms with Crippen LogP contribution >= 0.6 is 11.3 Å². The minimum Gasteiger partial charge on any atom is -0.469 e. The van der Waals surface area contributed by atoms with Crippen LogP contribution in [-0.2, 0) is 9.53 Å². The molecule has 4 nitrogen and oxygen atoms in total. The van der Waals surface area contributed by atoms with Crippen molar-refractivity contribution in [3.8, 4) is 11.3 Å². The molecule has 1 fully saturated rings. The minimum atomic E-state index is -0.884. The largest absolute Gasteiger partial charge is 0.469 e. The van der Waals surface area contributed by atoms with Crippen LogP contribution in [0.5, 0.6) is 0 Å². The molecule has 0 atom stereocenters. The lowest BCUT2D eigenvalue weighted by atomic mass is 10.1. The van der Waals surface area contributed by atoms with Crippen molar-refractivity contribution in [3.63, 3.8) is 0 Å². The van der Waals surface area contributed by atoms with Gasteiger partial charge in [-0.3, -0.25) is 4.79 Å². The van der Waals surface area contributed by atoms with E-state index in [1.807, 2.05) is 19.2 Å². The van der Waals surface area contributed by atoms with Gasteiger partial charge in [0.25, 0.3) is 0 Å². The van der Waals surface area contributed by atoms with E-state index in [1.54, 1.807) is 0 Å². The van der Waals surface area contributed by atoms with Gasteiger partial charge in [0.15, 0.2) is 16.8 Å². The van der Waals surface area contributed by atoms with E-state index in [2.05, 4.69) is 9.88 Å². The Kier molecular flexibility index (Phi) is 8.16. The number of methoxy groups -OCH3 is 1. The molecule has 3 rings (SSSR count). The molecule has 1 aliphatic rings. The maximum atomic E-state index is 13.5. The average Bonchev–Trinajstić information content (AvgIpc) is 3.38. The molecule has 0 aliphatic heterocycles. The molecule has 1 aromatic heterocycles. The smallest absolute Gasteiger partial charge is 0.307 e. The summed E-state index contributed by atoms with van der Waals surface area (Å²) < 4.78 is 31.3. The van der Waals surface area contributed by atoms with Gasteiger partial charge in [0.1, 0.15) is 0 Å². The Morgan fingerprint density at radius 2 is 1.96 bits per heavy atom. The first kappa shape index (κ1) is 21.3. The highest BCUT2D eigenvalue weighted by atomic mass is 32.1. The molecule has 0 radical (unpaired) electrons. The van der Waals surface area contributed by atoms with Crippen molar-refractivity contribution in [3.05, 3.63) is 35.2 Å². The van der Waals surface area contributed by atoms with Gasteiger partial charge < -0.3 is 9.64 Å². The molecule has 0 amide bonds. The van der Waals surface area contributed by atoms with Gasteiger partial charge >= 0.3 is 5.97 Å². The van der Waals surface area contributed by atoms with Crippen molar-refractivity contribution in [1.29, 1.82) is 0 Å². The van der Waals surface area contributed by atoms with Gasteiger partial charge in [-0.25, -0.2) is 13.8 Å². The normalized spacial score (nSPS) is 13.8. The van der Waals surface area contributed by atoms with E-state index in [1.165, 1.54) is 37.4 Å². The number of hydrogen-bond acceptors (Lipinski definition) is 5. The molecular formula is C20H26F2N2O2S. The van der Waals surface area contributed by atoms with E-state index in [0.717, 1.165) is 30.1 Å². The summed E-state index contributed by atoms with van der Waals surface area (Å²) in [5.74, 6) is -2.00. The third-order valence-corrected chi connectivity index (χ3v) is 5.38. The first-order chi connectivity index (χ1) is 13.1. The summed E-state index contributed by atoms with van der Waals surface area (Å²) in [5, 5.41) is 2.64. The highest BCUT2D eigenvalue weighted by Gasteiger charge is 2.25. The topological polar surface area (TPSA) is 42.4 Å². The third-order valence-electron chi connectivity index (χ3n) is 4.50. The molecule has 0 saturated heterocycles. The maximum Gasteiger partial charge on any atom is 0.307 e. The predicted octanol–water partition coefficient (Wildman–Crippen LogP) is 5.43. The molecule has 0 bridgehead atoms. The van der Waals surface area contributed by atoms with E-state index >= 15 is 0 Å². The van der Waals surface area contributed by atoms with Crippen molar-refractivity contribution in [2.24, 2.45) is 0 Å². The molecule has 1 saturated carbocycles. The number of carbonyl (C=O) groups is 1. The maximum absolute atomic E-state index is 13.5. The zero-order chi connectivity index (χ0) is 19.8. The lowest BCUT2D eigenvalue weighted by Gasteiger charge is -2.28. The quantitative estimate of drug-likeness (QED) is 0.611. The summed E-state index contributed by atoms with van der Waals surface area (Å²) in [6, 6.07) is 4.14. The SMILES string of the molecule is CC.COC(=O)CCN(c1nc(-c2ccc(F)c(F)c2)cs1)C1CCCC1. The van der Waals surface area contributed by atoms with E-state index < -0.39 is 11.6 Å². The summed E-state index contributed by atoms with van der Waals surface area (Å²) in [7, 11) is 1.38.